The first-order valence-corrected chi connectivity index (χ1v) is 5.33. The molecule has 0 aliphatic carbocycles. The van der Waals surface area contributed by atoms with Gasteiger partial charge in [-0.3, -0.25) is 0 Å². The van der Waals surface area contributed by atoms with Gasteiger partial charge in [0, 0.05) is 18.3 Å². The SMILES string of the molecule is Oc1cccc(NCc2cc(O)c(O)c(O)c2)c1. The van der Waals surface area contributed by atoms with E-state index in [1.165, 1.54) is 12.1 Å². The van der Waals surface area contributed by atoms with E-state index >= 15 is 0 Å². The molecule has 0 atom stereocenters. The van der Waals surface area contributed by atoms with Crippen LogP contribution in [0, 0.1) is 0 Å². The lowest BCUT2D eigenvalue weighted by Gasteiger charge is -2.09. The van der Waals surface area contributed by atoms with Crippen LogP contribution < -0.4 is 5.32 Å². The quantitative estimate of drug-likeness (QED) is 0.536. The molecule has 5 heteroatoms. The van der Waals surface area contributed by atoms with Gasteiger partial charge in [0.2, 0.25) is 0 Å². The Bertz CT molecular complexity index is 546. The summed E-state index contributed by atoms with van der Waals surface area (Å²) in [6.45, 7) is 0.338. The van der Waals surface area contributed by atoms with Crippen LogP contribution in [0.25, 0.3) is 0 Å². The zero-order valence-corrected chi connectivity index (χ0v) is 9.46. The van der Waals surface area contributed by atoms with Crippen LogP contribution >= 0.6 is 0 Å². The standard InChI is InChI=1S/C13H13NO4/c15-10-3-1-2-9(6-10)14-7-8-4-11(16)13(18)12(17)5-8/h1-6,14-18H,7H2. The number of nitrogens with one attached hydrogen (secondary N) is 1. The zero-order valence-electron chi connectivity index (χ0n) is 9.46. The van der Waals surface area contributed by atoms with Gasteiger partial charge in [-0.15, -0.1) is 0 Å². The van der Waals surface area contributed by atoms with E-state index in [4.69, 9.17) is 0 Å². The molecule has 18 heavy (non-hydrogen) atoms. The normalized spacial score (nSPS) is 10.2. The zero-order chi connectivity index (χ0) is 13.1. The molecule has 0 spiro atoms. The van der Waals surface area contributed by atoms with Crippen molar-refractivity contribution < 1.29 is 20.4 Å². The molecule has 0 unspecified atom stereocenters. The third-order valence-corrected chi connectivity index (χ3v) is 2.47. The molecular formula is C13H13NO4. The highest BCUT2D eigenvalue weighted by molar-refractivity contribution is 5.53. The molecule has 0 saturated carbocycles. The molecule has 0 aromatic heterocycles. The predicted octanol–water partition coefficient (Wildman–Crippen LogP) is 2.12. The van der Waals surface area contributed by atoms with Gasteiger partial charge in [-0.05, 0) is 29.8 Å². The number of rotatable bonds is 3. The van der Waals surface area contributed by atoms with Crippen LogP contribution in [-0.2, 0) is 6.54 Å². The molecule has 0 fully saturated rings. The first-order valence-electron chi connectivity index (χ1n) is 5.33. The lowest BCUT2D eigenvalue weighted by atomic mass is 10.1. The number of benzene rings is 2. The van der Waals surface area contributed by atoms with Crippen LogP contribution in [-0.4, -0.2) is 20.4 Å². The highest BCUT2D eigenvalue weighted by Crippen LogP contribution is 2.35. The number of phenolic OH excluding ortho intramolecular Hbond substituents is 4. The van der Waals surface area contributed by atoms with Crippen molar-refractivity contribution in [1.29, 1.82) is 0 Å². The number of hydrogen-bond donors (Lipinski definition) is 5. The van der Waals surface area contributed by atoms with Crippen molar-refractivity contribution in [1.82, 2.24) is 0 Å². The highest BCUT2D eigenvalue weighted by Gasteiger charge is 2.07. The predicted molar refractivity (Wildman–Crippen MR) is 66.9 cm³/mol. The van der Waals surface area contributed by atoms with Crippen LogP contribution in [0.15, 0.2) is 36.4 Å². The van der Waals surface area contributed by atoms with E-state index < -0.39 is 5.75 Å². The number of phenols is 4. The maximum absolute atomic E-state index is 9.34. The van der Waals surface area contributed by atoms with Gasteiger partial charge < -0.3 is 25.7 Å². The van der Waals surface area contributed by atoms with Crippen LogP contribution in [0.1, 0.15) is 5.56 Å². The van der Waals surface area contributed by atoms with E-state index in [0.717, 1.165) is 0 Å². The van der Waals surface area contributed by atoms with Gasteiger partial charge in [0.1, 0.15) is 5.75 Å². The summed E-state index contributed by atoms with van der Waals surface area (Å²) in [5.41, 5.74) is 1.31. The van der Waals surface area contributed by atoms with Crippen LogP contribution in [0.5, 0.6) is 23.0 Å². The molecule has 5 N–H and O–H groups in total. The fraction of sp³-hybridized carbons (Fsp3) is 0.0769. The van der Waals surface area contributed by atoms with Crippen molar-refractivity contribution >= 4 is 5.69 Å². The molecule has 2 rings (SSSR count). The van der Waals surface area contributed by atoms with Gasteiger partial charge in [0.05, 0.1) is 0 Å². The summed E-state index contributed by atoms with van der Waals surface area (Å²) in [5.74, 6) is -1.13. The van der Waals surface area contributed by atoms with Gasteiger partial charge >= 0.3 is 0 Å². The molecule has 2 aromatic carbocycles. The second-order valence-electron chi connectivity index (χ2n) is 3.89. The Morgan fingerprint density at radius 3 is 2.17 bits per heavy atom. The average molecular weight is 247 g/mol. The van der Waals surface area contributed by atoms with Gasteiger partial charge in [0.25, 0.3) is 0 Å². The minimum atomic E-state index is -0.531. The smallest absolute Gasteiger partial charge is 0.200 e. The minimum Gasteiger partial charge on any atom is -0.508 e. The van der Waals surface area contributed by atoms with E-state index in [1.807, 2.05) is 0 Å². The molecular weight excluding hydrogens is 234 g/mol. The van der Waals surface area contributed by atoms with Crippen molar-refractivity contribution in [2.75, 3.05) is 5.32 Å². The second kappa shape index (κ2) is 4.75. The second-order valence-corrected chi connectivity index (χ2v) is 3.89. The Labute approximate surface area is 104 Å². The molecule has 5 nitrogen and oxygen atoms in total. The molecule has 0 aliphatic heterocycles. The first-order chi connectivity index (χ1) is 8.56. The molecule has 0 bridgehead atoms. The third-order valence-electron chi connectivity index (χ3n) is 2.47. The summed E-state index contributed by atoms with van der Waals surface area (Å²) < 4.78 is 0. The van der Waals surface area contributed by atoms with Crippen molar-refractivity contribution in [3.63, 3.8) is 0 Å². The maximum atomic E-state index is 9.34. The van der Waals surface area contributed by atoms with Crippen LogP contribution in [0.2, 0.25) is 0 Å². The van der Waals surface area contributed by atoms with Crippen molar-refractivity contribution in [3.05, 3.63) is 42.0 Å². The molecule has 0 radical (unpaired) electrons. The maximum Gasteiger partial charge on any atom is 0.200 e. The third kappa shape index (κ3) is 2.57. The summed E-state index contributed by atoms with van der Waals surface area (Å²) in [6.07, 6.45) is 0. The molecule has 0 amide bonds. The fourth-order valence-corrected chi connectivity index (χ4v) is 1.58. The van der Waals surface area contributed by atoms with E-state index in [1.54, 1.807) is 24.3 Å². The molecule has 0 heterocycles. The van der Waals surface area contributed by atoms with Gasteiger partial charge in [-0.1, -0.05) is 6.07 Å². The molecule has 94 valence electrons. The largest absolute Gasteiger partial charge is 0.508 e. The van der Waals surface area contributed by atoms with E-state index in [0.29, 0.717) is 17.8 Å². The Morgan fingerprint density at radius 1 is 0.889 bits per heavy atom. The Hall–Kier alpha value is -2.56. The fourth-order valence-electron chi connectivity index (χ4n) is 1.58. The molecule has 0 aliphatic rings. The number of hydrogen-bond acceptors (Lipinski definition) is 5. The van der Waals surface area contributed by atoms with Crippen LogP contribution in [0.3, 0.4) is 0 Å². The van der Waals surface area contributed by atoms with Gasteiger partial charge in [-0.25, -0.2) is 0 Å². The average Bonchev–Trinajstić information content (AvgIpc) is 2.33. The summed E-state index contributed by atoms with van der Waals surface area (Å²) in [5, 5.41) is 40.2. The van der Waals surface area contributed by atoms with Gasteiger partial charge in [0.15, 0.2) is 17.2 Å². The monoisotopic (exact) mass is 247 g/mol. The van der Waals surface area contributed by atoms with E-state index in [-0.39, 0.29) is 17.2 Å². The van der Waals surface area contributed by atoms with Crippen molar-refractivity contribution in [2.45, 2.75) is 6.54 Å². The van der Waals surface area contributed by atoms with Gasteiger partial charge in [-0.2, -0.15) is 0 Å². The van der Waals surface area contributed by atoms with Crippen molar-refractivity contribution in [3.8, 4) is 23.0 Å². The number of aromatic hydroxyl groups is 4. The summed E-state index contributed by atoms with van der Waals surface area (Å²) in [7, 11) is 0. The topological polar surface area (TPSA) is 93.0 Å². The summed E-state index contributed by atoms with van der Waals surface area (Å²) in [4.78, 5) is 0. The molecule has 0 saturated heterocycles. The van der Waals surface area contributed by atoms with E-state index in [2.05, 4.69) is 5.32 Å². The first kappa shape index (κ1) is 11.9. The Kier molecular flexibility index (Phi) is 3.14. The summed E-state index contributed by atoms with van der Waals surface area (Å²) >= 11 is 0. The van der Waals surface area contributed by atoms with Crippen molar-refractivity contribution in [2.24, 2.45) is 0 Å². The molecule has 2 aromatic rings. The highest BCUT2D eigenvalue weighted by atomic mass is 16.3. The summed E-state index contributed by atoms with van der Waals surface area (Å²) in [6, 6.07) is 9.29. The Morgan fingerprint density at radius 2 is 1.56 bits per heavy atom. The number of anilines is 1. The lowest BCUT2D eigenvalue weighted by molar-refractivity contribution is 0.367. The van der Waals surface area contributed by atoms with E-state index in [9.17, 15) is 20.4 Å². The lowest BCUT2D eigenvalue weighted by Crippen LogP contribution is -1.98. The van der Waals surface area contributed by atoms with Crippen LogP contribution in [0.4, 0.5) is 5.69 Å². The minimum absolute atomic E-state index is 0.149. The Balaban J connectivity index is 2.11.